The molecule has 20 heavy (non-hydrogen) atoms. The third-order valence-electron chi connectivity index (χ3n) is 4.84. The van der Waals surface area contributed by atoms with Crippen molar-refractivity contribution < 1.29 is 8.78 Å². The molecule has 1 fully saturated rings. The summed E-state index contributed by atoms with van der Waals surface area (Å²) < 4.78 is 26.2. The number of rotatable bonds is 5. The molecule has 0 spiro atoms. The normalized spacial score (nSPS) is 20.2. The zero-order valence-corrected chi connectivity index (χ0v) is 12.3. The van der Waals surface area contributed by atoms with Gasteiger partial charge in [-0.3, -0.25) is 0 Å². The second-order valence-corrected chi connectivity index (χ2v) is 5.97. The van der Waals surface area contributed by atoms with Gasteiger partial charge in [0.05, 0.1) is 0 Å². The highest BCUT2D eigenvalue weighted by molar-refractivity contribution is 5.21. The molecule has 0 saturated carbocycles. The van der Waals surface area contributed by atoms with Crippen molar-refractivity contribution in [3.8, 4) is 0 Å². The van der Waals surface area contributed by atoms with E-state index in [9.17, 15) is 8.78 Å². The van der Waals surface area contributed by atoms with Crippen molar-refractivity contribution >= 4 is 0 Å². The molecule has 0 bridgehead atoms. The summed E-state index contributed by atoms with van der Waals surface area (Å²) in [6.45, 7) is 7.27. The lowest BCUT2D eigenvalue weighted by Gasteiger charge is -2.27. The van der Waals surface area contributed by atoms with Crippen LogP contribution in [0.5, 0.6) is 0 Å². The number of hydrogen-bond acceptors (Lipinski definition) is 2. The fourth-order valence-electron chi connectivity index (χ4n) is 3.14. The molecule has 2 nitrogen and oxygen atoms in total. The third kappa shape index (κ3) is 3.18. The highest BCUT2D eigenvalue weighted by Gasteiger charge is 2.35. The lowest BCUT2D eigenvalue weighted by molar-refractivity contribution is 0.233. The molecule has 1 aliphatic rings. The predicted octanol–water partition coefficient (Wildman–Crippen LogP) is 3.48. The summed E-state index contributed by atoms with van der Waals surface area (Å²) in [4.78, 5) is 2.35. The number of halogens is 2. The summed E-state index contributed by atoms with van der Waals surface area (Å²) in [7, 11) is 0. The van der Waals surface area contributed by atoms with Gasteiger partial charge in [0, 0.05) is 19.1 Å². The zero-order chi connectivity index (χ0) is 14.8. The maximum Gasteiger partial charge on any atom is 0.159 e. The molecule has 1 aromatic rings. The summed E-state index contributed by atoms with van der Waals surface area (Å²) in [5.41, 5.74) is 7.21. The Kier molecular flexibility index (Phi) is 4.76. The van der Waals surface area contributed by atoms with Crippen LogP contribution in [-0.4, -0.2) is 24.5 Å². The van der Waals surface area contributed by atoms with Crippen molar-refractivity contribution in [1.82, 2.24) is 4.90 Å². The Morgan fingerprint density at radius 3 is 2.50 bits per heavy atom. The van der Waals surface area contributed by atoms with Gasteiger partial charge in [-0.15, -0.1) is 0 Å². The maximum atomic E-state index is 13.2. The molecule has 1 aromatic carbocycles. The second-order valence-electron chi connectivity index (χ2n) is 5.97. The Bertz CT molecular complexity index is 458. The van der Waals surface area contributed by atoms with Crippen LogP contribution in [0.3, 0.4) is 0 Å². The van der Waals surface area contributed by atoms with Crippen LogP contribution in [0.25, 0.3) is 0 Å². The second kappa shape index (κ2) is 6.19. The molecule has 1 atom stereocenters. The van der Waals surface area contributed by atoms with Crippen molar-refractivity contribution in [1.29, 1.82) is 0 Å². The lowest BCUT2D eigenvalue weighted by atomic mass is 9.82. The molecule has 1 aliphatic heterocycles. The van der Waals surface area contributed by atoms with E-state index < -0.39 is 11.6 Å². The molecule has 2 rings (SSSR count). The molecule has 0 amide bonds. The van der Waals surface area contributed by atoms with Gasteiger partial charge in [0.25, 0.3) is 0 Å². The summed E-state index contributed by atoms with van der Waals surface area (Å²) in [5, 5.41) is 0. The topological polar surface area (TPSA) is 29.3 Å². The Labute approximate surface area is 120 Å². The fourth-order valence-corrected chi connectivity index (χ4v) is 3.14. The van der Waals surface area contributed by atoms with E-state index in [4.69, 9.17) is 5.73 Å². The van der Waals surface area contributed by atoms with E-state index in [1.807, 2.05) is 0 Å². The van der Waals surface area contributed by atoms with Gasteiger partial charge in [-0.05, 0) is 48.9 Å². The Hall–Kier alpha value is -1.00. The molecule has 112 valence electrons. The van der Waals surface area contributed by atoms with Crippen LogP contribution in [0.4, 0.5) is 8.78 Å². The monoisotopic (exact) mass is 282 g/mol. The Balaban J connectivity index is 1.98. The van der Waals surface area contributed by atoms with Crippen molar-refractivity contribution in [2.75, 3.05) is 19.6 Å². The van der Waals surface area contributed by atoms with Crippen LogP contribution in [0.1, 0.15) is 44.7 Å². The largest absolute Gasteiger partial charge is 0.323 e. The summed E-state index contributed by atoms with van der Waals surface area (Å²) in [6.07, 6.45) is 3.56. The van der Waals surface area contributed by atoms with E-state index in [1.54, 1.807) is 6.07 Å². The highest BCUT2D eigenvalue weighted by Crippen LogP contribution is 2.37. The minimum absolute atomic E-state index is 0.269. The molecular weight excluding hydrogens is 258 g/mol. The van der Waals surface area contributed by atoms with E-state index in [1.165, 1.54) is 25.3 Å². The summed E-state index contributed by atoms with van der Waals surface area (Å²) in [5.74, 6) is -1.64. The minimum atomic E-state index is -0.823. The number of benzene rings is 1. The molecule has 1 heterocycles. The van der Waals surface area contributed by atoms with Crippen molar-refractivity contribution in [3.05, 3.63) is 35.4 Å². The van der Waals surface area contributed by atoms with Crippen LogP contribution < -0.4 is 5.73 Å². The molecule has 0 radical (unpaired) electrons. The number of hydrogen-bond donors (Lipinski definition) is 1. The van der Waals surface area contributed by atoms with Crippen LogP contribution in [-0.2, 0) is 0 Å². The van der Waals surface area contributed by atoms with Crippen LogP contribution in [0.2, 0.25) is 0 Å². The smallest absolute Gasteiger partial charge is 0.159 e. The Morgan fingerprint density at radius 2 is 1.95 bits per heavy atom. The number of nitrogens with two attached hydrogens (primary N) is 1. The van der Waals surface area contributed by atoms with E-state index >= 15 is 0 Å². The first-order valence-electron chi connectivity index (χ1n) is 7.42. The van der Waals surface area contributed by atoms with Gasteiger partial charge in [0.1, 0.15) is 0 Å². The van der Waals surface area contributed by atoms with Gasteiger partial charge >= 0.3 is 0 Å². The minimum Gasteiger partial charge on any atom is -0.323 e. The molecule has 2 N–H and O–H groups in total. The first-order valence-corrected chi connectivity index (χ1v) is 7.42. The van der Waals surface area contributed by atoms with Crippen LogP contribution in [0.15, 0.2) is 18.2 Å². The fraction of sp³-hybridized carbons (Fsp3) is 0.625. The van der Waals surface area contributed by atoms with Gasteiger partial charge in [0.2, 0.25) is 0 Å². The molecular formula is C16H24F2N2. The molecule has 1 saturated heterocycles. The summed E-state index contributed by atoms with van der Waals surface area (Å²) >= 11 is 0. The number of likely N-dealkylation sites (tertiary alicyclic amines) is 1. The zero-order valence-electron chi connectivity index (χ0n) is 12.3. The average molecular weight is 282 g/mol. The molecule has 4 heteroatoms. The number of nitrogens with zero attached hydrogens (tertiary/aromatic N) is 1. The van der Waals surface area contributed by atoms with Crippen LogP contribution in [0, 0.1) is 17.0 Å². The Morgan fingerprint density at radius 1 is 1.25 bits per heavy atom. The average Bonchev–Trinajstić information content (AvgIpc) is 2.86. The van der Waals surface area contributed by atoms with Crippen molar-refractivity contribution in [2.24, 2.45) is 11.1 Å². The first kappa shape index (κ1) is 15.4. The van der Waals surface area contributed by atoms with Gasteiger partial charge in [-0.25, -0.2) is 8.78 Å². The molecule has 0 aliphatic carbocycles. The summed E-state index contributed by atoms with van der Waals surface area (Å²) in [6, 6.07) is 3.67. The quantitative estimate of drug-likeness (QED) is 0.896. The van der Waals surface area contributed by atoms with E-state index in [0.717, 1.165) is 19.2 Å². The van der Waals surface area contributed by atoms with Gasteiger partial charge in [0.15, 0.2) is 11.6 Å². The standard InChI is InChI=1S/C16H24F2N2/c1-3-16(4-2)7-8-20(11-16)10-15(19)12-5-6-13(17)14(18)9-12/h5-6,9,15H,3-4,7-8,10-11,19H2,1-2H3. The van der Waals surface area contributed by atoms with Crippen molar-refractivity contribution in [2.45, 2.75) is 39.2 Å². The van der Waals surface area contributed by atoms with E-state index in [-0.39, 0.29) is 6.04 Å². The molecule has 0 aromatic heterocycles. The van der Waals surface area contributed by atoms with E-state index in [2.05, 4.69) is 18.7 Å². The predicted molar refractivity (Wildman–Crippen MR) is 77.4 cm³/mol. The van der Waals surface area contributed by atoms with Crippen molar-refractivity contribution in [3.63, 3.8) is 0 Å². The van der Waals surface area contributed by atoms with Gasteiger partial charge in [-0.2, -0.15) is 0 Å². The lowest BCUT2D eigenvalue weighted by Crippen LogP contribution is -2.32. The van der Waals surface area contributed by atoms with Crippen LogP contribution >= 0.6 is 0 Å². The maximum absolute atomic E-state index is 13.2. The van der Waals surface area contributed by atoms with E-state index in [0.29, 0.717) is 17.5 Å². The van der Waals surface area contributed by atoms with Gasteiger partial charge in [-0.1, -0.05) is 19.9 Å². The first-order chi connectivity index (χ1) is 9.49. The molecule has 1 unspecified atom stereocenters. The highest BCUT2D eigenvalue weighted by atomic mass is 19.2. The SMILES string of the molecule is CCC1(CC)CCN(CC(N)c2ccc(F)c(F)c2)C1. The third-order valence-corrected chi connectivity index (χ3v) is 4.84. The van der Waals surface area contributed by atoms with Gasteiger partial charge < -0.3 is 10.6 Å².